The number of nitrogens with zero attached hydrogens (tertiary/aromatic N) is 3. The SMILES string of the molecule is Cc1nc(OC(C)C)ccc1N1C(=O)Nc2c(C(=O)O)sc3nccc1c23. The highest BCUT2D eigenvalue weighted by Gasteiger charge is 2.33. The van der Waals surface area contributed by atoms with Crippen molar-refractivity contribution in [3.8, 4) is 5.88 Å². The van der Waals surface area contributed by atoms with E-state index >= 15 is 0 Å². The molecule has 0 spiro atoms. The van der Waals surface area contributed by atoms with Crippen LogP contribution < -0.4 is 15.0 Å². The van der Waals surface area contributed by atoms with E-state index in [0.717, 1.165) is 11.3 Å². The number of pyridine rings is 2. The maximum absolute atomic E-state index is 12.8. The number of carbonyl (C=O) groups is 2. The number of rotatable bonds is 4. The fraction of sp³-hybridized carbons (Fsp3) is 0.222. The van der Waals surface area contributed by atoms with Crippen LogP contribution in [-0.4, -0.2) is 33.2 Å². The highest BCUT2D eigenvalue weighted by atomic mass is 32.1. The van der Waals surface area contributed by atoms with Crippen molar-refractivity contribution in [1.29, 1.82) is 0 Å². The fourth-order valence-corrected chi connectivity index (χ4v) is 4.01. The summed E-state index contributed by atoms with van der Waals surface area (Å²) in [4.78, 5) is 35.1. The summed E-state index contributed by atoms with van der Waals surface area (Å²) in [6, 6.07) is 4.72. The summed E-state index contributed by atoms with van der Waals surface area (Å²) in [5, 5.41) is 12.7. The minimum absolute atomic E-state index is 0.0105. The largest absolute Gasteiger partial charge is 0.477 e. The Morgan fingerprint density at radius 1 is 1.30 bits per heavy atom. The number of hydrogen-bond donors (Lipinski definition) is 2. The lowest BCUT2D eigenvalue weighted by atomic mass is 10.1. The smallest absolute Gasteiger partial charge is 0.348 e. The topological polar surface area (TPSA) is 105 Å². The molecular weight excluding hydrogens is 368 g/mol. The molecule has 27 heavy (non-hydrogen) atoms. The van der Waals surface area contributed by atoms with Gasteiger partial charge < -0.3 is 15.2 Å². The van der Waals surface area contributed by atoms with Gasteiger partial charge in [-0.2, -0.15) is 0 Å². The molecule has 0 saturated heterocycles. The van der Waals surface area contributed by atoms with Gasteiger partial charge in [0.2, 0.25) is 5.88 Å². The van der Waals surface area contributed by atoms with Crippen molar-refractivity contribution in [3.63, 3.8) is 0 Å². The van der Waals surface area contributed by atoms with Crippen LogP contribution in [0.5, 0.6) is 5.88 Å². The molecule has 0 aromatic carbocycles. The van der Waals surface area contributed by atoms with E-state index in [1.54, 1.807) is 31.3 Å². The normalized spacial score (nSPS) is 13.2. The molecule has 9 heteroatoms. The molecule has 0 bridgehead atoms. The Bertz CT molecular complexity index is 1090. The number of hydrogen-bond acceptors (Lipinski definition) is 6. The van der Waals surface area contributed by atoms with Crippen LogP contribution >= 0.6 is 11.3 Å². The molecule has 0 unspecified atom stereocenters. The van der Waals surface area contributed by atoms with Crippen molar-refractivity contribution in [2.45, 2.75) is 26.9 Å². The van der Waals surface area contributed by atoms with Crippen LogP contribution in [0.3, 0.4) is 0 Å². The van der Waals surface area contributed by atoms with Crippen molar-refractivity contribution in [2.75, 3.05) is 10.2 Å². The first-order chi connectivity index (χ1) is 12.9. The summed E-state index contributed by atoms with van der Waals surface area (Å²) in [5.74, 6) is -0.617. The van der Waals surface area contributed by atoms with Gasteiger partial charge in [0, 0.05) is 12.3 Å². The second-order valence-electron chi connectivity index (χ2n) is 6.31. The van der Waals surface area contributed by atoms with E-state index in [9.17, 15) is 14.7 Å². The number of aromatic nitrogens is 2. The maximum Gasteiger partial charge on any atom is 0.348 e. The second kappa shape index (κ2) is 6.20. The van der Waals surface area contributed by atoms with E-state index in [0.29, 0.717) is 33.2 Å². The summed E-state index contributed by atoms with van der Waals surface area (Å²) >= 11 is 1.04. The number of ether oxygens (including phenoxy) is 1. The molecule has 8 nitrogen and oxygen atoms in total. The Balaban J connectivity index is 1.88. The first-order valence-electron chi connectivity index (χ1n) is 8.27. The molecule has 3 aromatic heterocycles. The van der Waals surface area contributed by atoms with Crippen molar-refractivity contribution in [1.82, 2.24) is 9.97 Å². The zero-order chi connectivity index (χ0) is 19.3. The van der Waals surface area contributed by atoms with Gasteiger partial charge in [0.05, 0.1) is 34.2 Å². The Hall–Kier alpha value is -3.20. The summed E-state index contributed by atoms with van der Waals surface area (Å²) in [6.45, 7) is 5.61. The zero-order valence-electron chi connectivity index (χ0n) is 14.8. The van der Waals surface area contributed by atoms with Gasteiger partial charge in [0.1, 0.15) is 9.71 Å². The minimum Gasteiger partial charge on any atom is -0.477 e. The molecule has 138 valence electrons. The van der Waals surface area contributed by atoms with Gasteiger partial charge in [0.15, 0.2) is 0 Å². The molecule has 2 N–H and O–H groups in total. The van der Waals surface area contributed by atoms with E-state index < -0.39 is 12.0 Å². The number of carboxylic acids is 1. The van der Waals surface area contributed by atoms with Gasteiger partial charge in [-0.15, -0.1) is 11.3 Å². The molecule has 0 fully saturated rings. The lowest BCUT2D eigenvalue weighted by molar-refractivity contribution is 0.0703. The third kappa shape index (κ3) is 2.76. The summed E-state index contributed by atoms with van der Waals surface area (Å²) in [7, 11) is 0. The molecule has 0 aliphatic carbocycles. The molecule has 4 rings (SSSR count). The quantitative estimate of drug-likeness (QED) is 0.699. The van der Waals surface area contributed by atoms with Crippen molar-refractivity contribution >= 4 is 50.6 Å². The fourth-order valence-electron chi connectivity index (χ4n) is 3.05. The summed E-state index contributed by atoms with van der Waals surface area (Å²) in [5.41, 5.74) is 2.07. The van der Waals surface area contributed by atoms with E-state index in [2.05, 4.69) is 15.3 Å². The summed E-state index contributed by atoms with van der Waals surface area (Å²) < 4.78 is 5.60. The zero-order valence-corrected chi connectivity index (χ0v) is 15.6. The Morgan fingerprint density at radius 2 is 2.07 bits per heavy atom. The maximum atomic E-state index is 12.8. The number of aromatic carboxylic acids is 1. The number of amides is 2. The summed E-state index contributed by atoms with van der Waals surface area (Å²) in [6.07, 6.45) is 1.55. The van der Waals surface area contributed by atoms with Gasteiger partial charge in [0.25, 0.3) is 0 Å². The lowest BCUT2D eigenvalue weighted by Crippen LogP contribution is -2.34. The van der Waals surface area contributed by atoms with Gasteiger partial charge in [-0.25, -0.2) is 19.6 Å². The standard InChI is InChI=1S/C18H16N4O4S/c1-8(2)26-12-5-4-10(9(3)20-12)22-11-6-7-19-16-13(11)14(21-18(22)25)15(27-16)17(23)24/h4-8H,1-3H3,(H,21,25)(H,23,24). The number of urea groups is 1. The lowest BCUT2D eigenvalue weighted by Gasteiger charge is -2.29. The molecule has 4 heterocycles. The van der Waals surface area contributed by atoms with Gasteiger partial charge in [-0.1, -0.05) is 0 Å². The van der Waals surface area contributed by atoms with Crippen LogP contribution in [0.1, 0.15) is 29.2 Å². The predicted molar refractivity (Wildman–Crippen MR) is 102 cm³/mol. The number of aryl methyl sites for hydroxylation is 1. The van der Waals surface area contributed by atoms with Crippen molar-refractivity contribution in [2.24, 2.45) is 0 Å². The van der Waals surface area contributed by atoms with Crippen LogP contribution in [0.25, 0.3) is 10.2 Å². The number of carbonyl (C=O) groups excluding carboxylic acids is 1. The predicted octanol–water partition coefficient (Wildman–Crippen LogP) is 4.17. The van der Waals surface area contributed by atoms with E-state index in [1.165, 1.54) is 4.90 Å². The first-order valence-corrected chi connectivity index (χ1v) is 9.08. The van der Waals surface area contributed by atoms with Crippen LogP contribution in [0.15, 0.2) is 24.4 Å². The molecule has 1 aliphatic heterocycles. The second-order valence-corrected chi connectivity index (χ2v) is 7.31. The molecule has 0 radical (unpaired) electrons. The third-order valence-corrected chi connectivity index (χ3v) is 5.16. The Morgan fingerprint density at radius 3 is 2.74 bits per heavy atom. The van der Waals surface area contributed by atoms with Crippen molar-refractivity contribution in [3.05, 3.63) is 35.0 Å². The van der Waals surface area contributed by atoms with Gasteiger partial charge in [-0.3, -0.25) is 4.90 Å². The highest BCUT2D eigenvalue weighted by molar-refractivity contribution is 7.21. The highest BCUT2D eigenvalue weighted by Crippen LogP contribution is 2.46. The number of nitrogens with one attached hydrogen (secondary N) is 1. The van der Waals surface area contributed by atoms with Gasteiger partial charge in [-0.05, 0) is 32.9 Å². The molecule has 0 saturated carbocycles. The van der Waals surface area contributed by atoms with Crippen LogP contribution in [0, 0.1) is 6.92 Å². The van der Waals surface area contributed by atoms with Crippen LogP contribution in [0.2, 0.25) is 0 Å². The Labute approximate surface area is 158 Å². The molecular formula is C18H16N4O4S. The molecule has 2 amide bonds. The number of carboxylic acid groups (broad SMARTS) is 1. The third-order valence-electron chi connectivity index (χ3n) is 4.07. The average molecular weight is 384 g/mol. The van der Waals surface area contributed by atoms with E-state index in [1.807, 2.05) is 13.8 Å². The van der Waals surface area contributed by atoms with E-state index in [-0.39, 0.29) is 16.7 Å². The van der Waals surface area contributed by atoms with Gasteiger partial charge >= 0.3 is 12.0 Å². The molecule has 0 atom stereocenters. The number of anilines is 3. The van der Waals surface area contributed by atoms with Crippen molar-refractivity contribution < 1.29 is 19.4 Å². The number of thiophene rings is 1. The monoisotopic (exact) mass is 384 g/mol. The molecule has 3 aromatic rings. The minimum atomic E-state index is -1.10. The average Bonchev–Trinajstić information content (AvgIpc) is 2.96. The Kier molecular flexibility index (Phi) is 3.96. The molecule has 1 aliphatic rings. The van der Waals surface area contributed by atoms with E-state index in [4.69, 9.17) is 4.74 Å². The van der Waals surface area contributed by atoms with Crippen LogP contribution in [-0.2, 0) is 0 Å². The first kappa shape index (κ1) is 17.2. The van der Waals surface area contributed by atoms with Crippen LogP contribution in [0.4, 0.5) is 21.9 Å².